The maximum absolute atomic E-state index is 14.6. The van der Waals surface area contributed by atoms with Crippen LogP contribution in [-0.2, 0) is 43.2 Å². The first-order chi connectivity index (χ1) is 30.4. The Morgan fingerprint density at radius 3 is 2.55 bits per heavy atom. The summed E-state index contributed by atoms with van der Waals surface area (Å²) in [5.41, 5.74) is 9.40. The Kier molecular flexibility index (Phi) is 14.2. The fourth-order valence-corrected chi connectivity index (χ4v) is 10.9. The maximum atomic E-state index is 14.6. The number of aromatic nitrogens is 3. The lowest BCUT2D eigenvalue weighted by Crippen LogP contribution is -2.64. The number of thiazole rings is 1. The molecule has 3 aliphatic heterocycles. The van der Waals surface area contributed by atoms with Crippen molar-refractivity contribution in [1.82, 2.24) is 45.0 Å². The molecule has 4 aromatic rings. The standard InChI is InChI=1S/C48H67N9O6S/c1-12-55-39-18-17-32-21-34(39)35(43(55)33-15-13-19-49-41(33)31(6)62-11)23-48(7,8)27-63-46(60)36-16-14-20-56(52-36)45(59)37(22-40-50-38(32)26-64-40)51-44(58)42(28(2)3)54(10)47(61)57-29(4)24-53(9)25-30(57)5/h13,15,17-19,21,26,28-31,36-37,42,52H,12,14,16,20,22-25,27H2,1-11H3,(H,51,58)/t29-,30+,31-,36-,37-,42-/m0/s1. The van der Waals surface area contributed by atoms with E-state index in [1.807, 2.05) is 58.0 Å². The molecule has 3 aromatic heterocycles. The van der Waals surface area contributed by atoms with Crippen LogP contribution in [0.5, 0.6) is 0 Å². The third-order valence-electron chi connectivity index (χ3n) is 13.1. The van der Waals surface area contributed by atoms with Crippen LogP contribution in [0.1, 0.15) is 90.6 Å². The van der Waals surface area contributed by atoms with E-state index >= 15 is 0 Å². The number of nitrogens with one attached hydrogen (secondary N) is 2. The van der Waals surface area contributed by atoms with Crippen LogP contribution in [0.3, 0.4) is 0 Å². The van der Waals surface area contributed by atoms with E-state index in [1.165, 1.54) is 21.2 Å². The van der Waals surface area contributed by atoms with Gasteiger partial charge in [-0.25, -0.2) is 15.2 Å². The first-order valence-corrected chi connectivity index (χ1v) is 23.7. The highest BCUT2D eigenvalue weighted by atomic mass is 32.1. The van der Waals surface area contributed by atoms with Crippen molar-refractivity contribution < 1.29 is 28.7 Å². The highest BCUT2D eigenvalue weighted by Crippen LogP contribution is 2.42. The molecule has 0 saturated carbocycles. The number of amides is 4. The van der Waals surface area contributed by atoms with Crippen molar-refractivity contribution in [2.45, 2.75) is 124 Å². The summed E-state index contributed by atoms with van der Waals surface area (Å²) in [6, 6.07) is 7.49. The number of pyridine rings is 1. The zero-order chi connectivity index (χ0) is 46.2. The summed E-state index contributed by atoms with van der Waals surface area (Å²) >= 11 is 1.43. The van der Waals surface area contributed by atoms with Crippen LogP contribution >= 0.6 is 11.3 Å². The molecular weight excluding hydrogens is 831 g/mol. The van der Waals surface area contributed by atoms with Crippen LogP contribution in [-0.4, -0.2) is 136 Å². The van der Waals surface area contributed by atoms with Gasteiger partial charge in [0.15, 0.2) is 0 Å². The average Bonchev–Trinajstić information content (AvgIpc) is 3.85. The minimum atomic E-state index is -1.05. The number of urea groups is 1. The van der Waals surface area contributed by atoms with E-state index in [0.717, 1.165) is 57.8 Å². The van der Waals surface area contributed by atoms with Gasteiger partial charge in [-0.15, -0.1) is 11.3 Å². The lowest BCUT2D eigenvalue weighted by Gasteiger charge is -2.46. The Bertz CT molecular complexity index is 2350. The molecule has 0 radical (unpaired) electrons. The van der Waals surface area contributed by atoms with E-state index < -0.39 is 35.4 Å². The second-order valence-electron chi connectivity index (χ2n) is 19.2. The molecular formula is C48H67N9O6S. The number of hydrogen-bond acceptors (Lipinski definition) is 11. The van der Waals surface area contributed by atoms with E-state index in [9.17, 15) is 19.2 Å². The number of methoxy groups -OCH3 is 1. The molecule has 1 aromatic carbocycles. The molecule has 6 atom stereocenters. The van der Waals surface area contributed by atoms with Crippen molar-refractivity contribution in [1.29, 1.82) is 0 Å². The minimum absolute atomic E-state index is 0.0439. The first-order valence-electron chi connectivity index (χ1n) is 22.8. The largest absolute Gasteiger partial charge is 0.464 e. The number of benzene rings is 1. The number of nitrogens with zero attached hydrogens (tertiary/aromatic N) is 7. The summed E-state index contributed by atoms with van der Waals surface area (Å²) in [6.07, 6.45) is 3.30. The van der Waals surface area contributed by atoms with Crippen LogP contribution in [0, 0.1) is 11.3 Å². The van der Waals surface area contributed by atoms with Gasteiger partial charge >= 0.3 is 12.0 Å². The van der Waals surface area contributed by atoms with Crippen LogP contribution in [0.25, 0.3) is 33.4 Å². The lowest BCUT2D eigenvalue weighted by atomic mass is 9.84. The summed E-state index contributed by atoms with van der Waals surface area (Å²) in [5, 5.41) is 8.24. The number of ether oxygens (including phenoxy) is 2. The number of carbonyl (C=O) groups excluding carboxylic acids is 4. The van der Waals surface area contributed by atoms with Gasteiger partial charge < -0.3 is 34.1 Å². The average molecular weight is 898 g/mol. The minimum Gasteiger partial charge on any atom is -0.464 e. The van der Waals surface area contributed by atoms with Crippen molar-refractivity contribution in [2.24, 2.45) is 11.3 Å². The zero-order valence-corrected chi connectivity index (χ0v) is 40.3. The molecule has 16 heteroatoms. The molecule has 15 nitrogen and oxygen atoms in total. The summed E-state index contributed by atoms with van der Waals surface area (Å²) in [6.45, 7) is 18.9. The third-order valence-corrected chi connectivity index (χ3v) is 14.0. The van der Waals surface area contributed by atoms with Gasteiger partial charge in [0, 0.05) is 97.9 Å². The number of hydrazine groups is 1. The number of esters is 1. The number of piperazine rings is 1. The van der Waals surface area contributed by atoms with Crippen molar-refractivity contribution in [3.05, 3.63) is 58.2 Å². The van der Waals surface area contributed by atoms with E-state index in [1.54, 1.807) is 20.4 Å². The molecule has 6 bridgehead atoms. The topological polar surface area (TPSA) is 154 Å². The maximum Gasteiger partial charge on any atom is 0.324 e. The van der Waals surface area contributed by atoms with Gasteiger partial charge in [-0.1, -0.05) is 33.8 Å². The summed E-state index contributed by atoms with van der Waals surface area (Å²) in [5.74, 6) is -1.52. The number of cyclic esters (lactones) is 1. The number of carbonyl (C=O) groups is 4. The Morgan fingerprint density at radius 2 is 1.86 bits per heavy atom. The Morgan fingerprint density at radius 1 is 1.12 bits per heavy atom. The van der Waals surface area contributed by atoms with Crippen LogP contribution < -0.4 is 10.7 Å². The van der Waals surface area contributed by atoms with E-state index in [0.29, 0.717) is 37.4 Å². The second-order valence-corrected chi connectivity index (χ2v) is 20.1. The molecule has 4 amide bonds. The molecule has 2 fully saturated rings. The number of rotatable bonds is 8. The fourth-order valence-electron chi connectivity index (χ4n) is 10.0. The highest BCUT2D eigenvalue weighted by Gasteiger charge is 2.41. The first kappa shape index (κ1) is 47.1. The van der Waals surface area contributed by atoms with Crippen LogP contribution in [0.2, 0.25) is 0 Å². The summed E-state index contributed by atoms with van der Waals surface area (Å²) in [4.78, 5) is 72.7. The molecule has 2 N–H and O–H groups in total. The van der Waals surface area contributed by atoms with Gasteiger partial charge in [0.2, 0.25) is 5.91 Å². The number of likely N-dealkylation sites (N-methyl/N-ethyl adjacent to an activating group) is 2. The molecule has 6 heterocycles. The highest BCUT2D eigenvalue weighted by molar-refractivity contribution is 7.10. The van der Waals surface area contributed by atoms with Crippen molar-refractivity contribution in [3.8, 4) is 22.5 Å². The Labute approximate surface area is 381 Å². The number of aryl methyl sites for hydroxylation is 1. The smallest absolute Gasteiger partial charge is 0.324 e. The zero-order valence-electron chi connectivity index (χ0n) is 39.4. The summed E-state index contributed by atoms with van der Waals surface area (Å²) < 4.78 is 14.3. The summed E-state index contributed by atoms with van der Waals surface area (Å²) in [7, 11) is 5.41. The second kappa shape index (κ2) is 19.3. The predicted octanol–water partition coefficient (Wildman–Crippen LogP) is 6.30. The quantitative estimate of drug-likeness (QED) is 0.193. The molecule has 3 aliphatic rings. The number of fused-ring (bicyclic) bond motifs is 6. The van der Waals surface area contributed by atoms with Gasteiger partial charge in [0.25, 0.3) is 5.91 Å². The SMILES string of the molecule is CCn1c(-c2cccnc2[C@H](C)OC)c2c3cc(ccc31)-c1csc(n1)C[C@H](NC(=O)[C@H](C(C)C)N(C)C(=O)N1[C@H](C)CN(C)C[C@@H]1C)C(=O)N1CCC[C@H](N1)C(=O)OCC(C)(C)C2. The normalized spacial score (nSPS) is 23.1. The van der Waals surface area contributed by atoms with E-state index in [-0.39, 0.29) is 49.1 Å². The van der Waals surface area contributed by atoms with Crippen LogP contribution in [0.4, 0.5) is 4.79 Å². The lowest BCUT2D eigenvalue weighted by molar-refractivity contribution is -0.155. The van der Waals surface area contributed by atoms with E-state index in [4.69, 9.17) is 19.4 Å². The van der Waals surface area contributed by atoms with Gasteiger partial charge in [0.05, 0.1) is 34.8 Å². The monoisotopic (exact) mass is 897 g/mol. The Hall–Kier alpha value is -4.90. The number of hydrogen-bond donors (Lipinski definition) is 2. The molecule has 0 aliphatic carbocycles. The molecule has 346 valence electrons. The third kappa shape index (κ3) is 9.56. The van der Waals surface area contributed by atoms with Crippen molar-refractivity contribution >= 4 is 46.1 Å². The molecule has 0 spiro atoms. The van der Waals surface area contributed by atoms with Gasteiger partial charge in [-0.2, -0.15) is 0 Å². The van der Waals surface area contributed by atoms with Gasteiger partial charge in [-0.3, -0.25) is 24.4 Å². The molecule has 2 saturated heterocycles. The van der Waals surface area contributed by atoms with E-state index in [2.05, 4.69) is 65.2 Å². The van der Waals surface area contributed by atoms with Crippen molar-refractivity contribution in [2.75, 3.05) is 47.4 Å². The van der Waals surface area contributed by atoms with Crippen molar-refractivity contribution in [3.63, 3.8) is 0 Å². The predicted molar refractivity (Wildman–Crippen MR) is 249 cm³/mol. The van der Waals surface area contributed by atoms with Gasteiger partial charge in [0.1, 0.15) is 18.1 Å². The van der Waals surface area contributed by atoms with Gasteiger partial charge in [-0.05, 0) is 89.8 Å². The van der Waals surface area contributed by atoms with Crippen LogP contribution in [0.15, 0.2) is 41.9 Å². The molecule has 7 rings (SSSR count). The molecule has 64 heavy (non-hydrogen) atoms. The molecule has 0 unspecified atom stereocenters. The fraction of sp³-hybridized carbons (Fsp3) is 0.583. The Balaban J connectivity index is 1.28.